The van der Waals surface area contributed by atoms with E-state index < -0.39 is 12.6 Å². The Morgan fingerprint density at radius 1 is 1.23 bits per heavy atom. The number of amides is 2. The van der Waals surface area contributed by atoms with Gasteiger partial charge in [0, 0.05) is 6.54 Å². The SMILES string of the molecule is COc1cc(/C=C2\SC(=O)N(CCc3ccccc3)C2=O)cc(Cl)c1OCC(=O)O. The summed E-state index contributed by atoms with van der Waals surface area (Å²) in [6.07, 6.45) is 2.12. The number of thioether (sulfide) groups is 1. The Morgan fingerprint density at radius 3 is 2.63 bits per heavy atom. The Labute approximate surface area is 182 Å². The molecule has 1 aliphatic rings. The molecule has 2 aromatic carbocycles. The minimum absolute atomic E-state index is 0.0923. The molecule has 0 radical (unpaired) electrons. The number of hydrogen-bond acceptors (Lipinski definition) is 6. The highest BCUT2D eigenvalue weighted by atomic mass is 35.5. The maximum atomic E-state index is 12.7. The average Bonchev–Trinajstić information content (AvgIpc) is 2.98. The molecule has 0 atom stereocenters. The van der Waals surface area contributed by atoms with Crippen LogP contribution in [0.4, 0.5) is 4.79 Å². The molecular formula is C21H18ClNO6S. The van der Waals surface area contributed by atoms with Crippen LogP contribution in [0.25, 0.3) is 6.08 Å². The molecule has 2 amide bonds. The van der Waals surface area contributed by atoms with Gasteiger partial charge in [0.15, 0.2) is 18.1 Å². The van der Waals surface area contributed by atoms with Crippen molar-refractivity contribution in [3.05, 3.63) is 63.5 Å². The van der Waals surface area contributed by atoms with Crippen LogP contribution in [0.5, 0.6) is 11.5 Å². The van der Waals surface area contributed by atoms with E-state index in [1.807, 2.05) is 30.3 Å². The summed E-state index contributed by atoms with van der Waals surface area (Å²) >= 11 is 7.05. The Morgan fingerprint density at radius 2 is 1.97 bits per heavy atom. The number of methoxy groups -OCH3 is 1. The van der Waals surface area contributed by atoms with Gasteiger partial charge in [0.05, 0.1) is 17.0 Å². The molecule has 0 unspecified atom stereocenters. The molecule has 0 saturated carbocycles. The summed E-state index contributed by atoms with van der Waals surface area (Å²) in [5, 5.41) is 8.57. The van der Waals surface area contributed by atoms with Gasteiger partial charge in [0.2, 0.25) is 0 Å². The molecule has 3 rings (SSSR count). The summed E-state index contributed by atoms with van der Waals surface area (Å²) in [5.41, 5.74) is 1.56. The summed E-state index contributed by atoms with van der Waals surface area (Å²) in [7, 11) is 1.39. The summed E-state index contributed by atoms with van der Waals surface area (Å²) in [4.78, 5) is 37.2. The van der Waals surface area contributed by atoms with Crippen molar-refractivity contribution in [2.75, 3.05) is 20.3 Å². The van der Waals surface area contributed by atoms with E-state index in [0.717, 1.165) is 17.3 Å². The van der Waals surface area contributed by atoms with Gasteiger partial charge in [0.1, 0.15) is 0 Å². The largest absolute Gasteiger partial charge is 0.493 e. The van der Waals surface area contributed by atoms with E-state index in [0.29, 0.717) is 12.0 Å². The van der Waals surface area contributed by atoms with Crippen molar-refractivity contribution in [2.24, 2.45) is 0 Å². The van der Waals surface area contributed by atoms with Crippen molar-refractivity contribution >= 4 is 46.6 Å². The van der Waals surface area contributed by atoms with Crippen molar-refractivity contribution in [2.45, 2.75) is 6.42 Å². The Hall–Kier alpha value is -2.97. The number of aliphatic carboxylic acids is 1. The molecule has 0 aliphatic carbocycles. The quantitative estimate of drug-likeness (QED) is 0.609. The number of imide groups is 1. The molecule has 7 nitrogen and oxygen atoms in total. The van der Waals surface area contributed by atoms with E-state index in [9.17, 15) is 14.4 Å². The summed E-state index contributed by atoms with van der Waals surface area (Å²) in [6.45, 7) is -0.284. The van der Waals surface area contributed by atoms with Crippen molar-refractivity contribution in [1.82, 2.24) is 4.90 Å². The number of halogens is 1. The van der Waals surface area contributed by atoms with E-state index in [1.54, 1.807) is 12.1 Å². The fraction of sp³-hybridized carbons (Fsp3) is 0.190. The standard InChI is InChI=1S/C21H18ClNO6S/c1-28-16-10-14(9-15(22)19(16)29-12-18(24)25)11-17-20(26)23(21(27)30-17)8-7-13-5-3-2-4-6-13/h2-6,9-11H,7-8,12H2,1H3,(H,24,25)/b17-11-. The van der Waals surface area contributed by atoms with E-state index in [1.165, 1.54) is 18.1 Å². The molecule has 30 heavy (non-hydrogen) atoms. The van der Waals surface area contributed by atoms with Gasteiger partial charge >= 0.3 is 5.97 Å². The molecule has 1 saturated heterocycles. The van der Waals surface area contributed by atoms with Crippen LogP contribution in [0.15, 0.2) is 47.4 Å². The van der Waals surface area contributed by atoms with Gasteiger partial charge in [-0.05, 0) is 47.5 Å². The number of carboxylic acid groups (broad SMARTS) is 1. The lowest BCUT2D eigenvalue weighted by Gasteiger charge is -2.13. The van der Waals surface area contributed by atoms with E-state index in [-0.39, 0.29) is 39.1 Å². The fourth-order valence-electron chi connectivity index (χ4n) is 2.83. The minimum Gasteiger partial charge on any atom is -0.493 e. The zero-order valence-electron chi connectivity index (χ0n) is 16.0. The molecule has 1 aliphatic heterocycles. The topological polar surface area (TPSA) is 93.1 Å². The second-order valence-electron chi connectivity index (χ2n) is 6.29. The number of carboxylic acids is 1. The average molecular weight is 448 g/mol. The van der Waals surface area contributed by atoms with Crippen LogP contribution >= 0.6 is 23.4 Å². The molecule has 0 bridgehead atoms. The predicted molar refractivity (Wildman–Crippen MR) is 114 cm³/mol. The molecule has 9 heteroatoms. The molecule has 0 aromatic heterocycles. The van der Waals surface area contributed by atoms with Crippen LogP contribution in [0.3, 0.4) is 0 Å². The highest BCUT2D eigenvalue weighted by molar-refractivity contribution is 8.18. The third kappa shape index (κ3) is 5.14. The van der Waals surface area contributed by atoms with Crippen LogP contribution in [0.2, 0.25) is 5.02 Å². The normalized spacial score (nSPS) is 15.0. The predicted octanol–water partition coefficient (Wildman–Crippen LogP) is 4.09. The van der Waals surface area contributed by atoms with E-state index in [2.05, 4.69) is 0 Å². The first kappa shape index (κ1) is 21.7. The van der Waals surface area contributed by atoms with Crippen molar-refractivity contribution in [3.63, 3.8) is 0 Å². The van der Waals surface area contributed by atoms with Gasteiger partial charge < -0.3 is 14.6 Å². The van der Waals surface area contributed by atoms with Gasteiger partial charge in [-0.15, -0.1) is 0 Å². The summed E-state index contributed by atoms with van der Waals surface area (Å²) in [6, 6.07) is 12.7. The first-order valence-corrected chi connectivity index (χ1v) is 10.1. The number of nitrogens with zero attached hydrogens (tertiary/aromatic N) is 1. The van der Waals surface area contributed by atoms with E-state index >= 15 is 0 Å². The zero-order chi connectivity index (χ0) is 21.7. The van der Waals surface area contributed by atoms with Crippen LogP contribution in [0.1, 0.15) is 11.1 Å². The van der Waals surface area contributed by atoms with Gasteiger partial charge in [0.25, 0.3) is 11.1 Å². The zero-order valence-corrected chi connectivity index (χ0v) is 17.5. The smallest absolute Gasteiger partial charge is 0.341 e. The van der Waals surface area contributed by atoms with Gasteiger partial charge in [-0.2, -0.15) is 0 Å². The van der Waals surface area contributed by atoms with Gasteiger partial charge in [-0.3, -0.25) is 14.5 Å². The molecule has 1 heterocycles. The first-order valence-electron chi connectivity index (χ1n) is 8.90. The second kappa shape index (κ2) is 9.69. The second-order valence-corrected chi connectivity index (χ2v) is 7.69. The fourth-order valence-corrected chi connectivity index (χ4v) is 3.97. The molecule has 156 valence electrons. The third-order valence-corrected chi connectivity index (χ3v) is 5.42. The number of ether oxygens (including phenoxy) is 2. The van der Waals surface area contributed by atoms with Gasteiger partial charge in [-0.1, -0.05) is 41.9 Å². The maximum absolute atomic E-state index is 12.7. The molecular weight excluding hydrogens is 430 g/mol. The molecule has 2 aromatic rings. The van der Waals surface area contributed by atoms with Crippen LogP contribution < -0.4 is 9.47 Å². The number of hydrogen-bond donors (Lipinski definition) is 1. The molecule has 1 fully saturated rings. The van der Waals surface area contributed by atoms with Crippen LogP contribution in [-0.2, 0) is 16.0 Å². The molecule has 0 spiro atoms. The van der Waals surface area contributed by atoms with Crippen molar-refractivity contribution in [3.8, 4) is 11.5 Å². The summed E-state index contributed by atoms with van der Waals surface area (Å²) < 4.78 is 10.4. The monoisotopic (exact) mass is 447 g/mol. The lowest BCUT2D eigenvalue weighted by Crippen LogP contribution is -2.30. The third-order valence-electron chi connectivity index (χ3n) is 4.23. The Balaban J connectivity index is 1.77. The first-order chi connectivity index (χ1) is 14.4. The van der Waals surface area contributed by atoms with Crippen molar-refractivity contribution in [1.29, 1.82) is 0 Å². The van der Waals surface area contributed by atoms with Crippen molar-refractivity contribution < 1.29 is 29.0 Å². The lowest BCUT2D eigenvalue weighted by atomic mass is 10.1. The van der Waals surface area contributed by atoms with E-state index in [4.69, 9.17) is 26.2 Å². The van der Waals surface area contributed by atoms with Gasteiger partial charge in [-0.25, -0.2) is 4.79 Å². The Bertz CT molecular complexity index is 1010. The number of carbonyl (C=O) groups excluding carboxylic acids is 2. The number of carbonyl (C=O) groups is 3. The highest BCUT2D eigenvalue weighted by Gasteiger charge is 2.34. The minimum atomic E-state index is -1.15. The Kier molecular flexibility index (Phi) is 7.02. The number of rotatable bonds is 8. The lowest BCUT2D eigenvalue weighted by molar-refractivity contribution is -0.139. The van der Waals surface area contributed by atoms with Crippen LogP contribution in [-0.4, -0.2) is 47.4 Å². The maximum Gasteiger partial charge on any atom is 0.341 e. The molecule has 1 N–H and O–H groups in total. The van der Waals surface area contributed by atoms with Crippen LogP contribution in [0, 0.1) is 0 Å². The summed E-state index contributed by atoms with van der Waals surface area (Å²) in [5.74, 6) is -1.21. The highest BCUT2D eigenvalue weighted by Crippen LogP contribution is 2.39. The number of benzene rings is 2.